The van der Waals surface area contributed by atoms with Gasteiger partial charge in [-0.1, -0.05) is 127 Å². The van der Waals surface area contributed by atoms with Crippen LogP contribution in [0.5, 0.6) is 0 Å². The predicted molar refractivity (Wildman–Crippen MR) is 169 cm³/mol. The van der Waals surface area contributed by atoms with Crippen molar-refractivity contribution in [1.29, 1.82) is 0 Å². The molecule has 0 atom stereocenters. The van der Waals surface area contributed by atoms with Gasteiger partial charge >= 0.3 is 0 Å². The van der Waals surface area contributed by atoms with Gasteiger partial charge in [-0.15, -0.1) is 0 Å². The molecule has 0 aliphatic heterocycles. The van der Waals surface area contributed by atoms with Crippen LogP contribution in [0.1, 0.15) is 5.56 Å². The Bertz CT molecular complexity index is 2220. The van der Waals surface area contributed by atoms with Gasteiger partial charge in [0, 0.05) is 39.8 Å². The van der Waals surface area contributed by atoms with E-state index in [0.29, 0.717) is 0 Å². The van der Waals surface area contributed by atoms with Gasteiger partial charge in [-0.25, -0.2) is 0 Å². The Morgan fingerprint density at radius 2 is 0.974 bits per heavy atom. The maximum Gasteiger partial charge on any atom is 0.0581 e. The van der Waals surface area contributed by atoms with Gasteiger partial charge in [-0.2, -0.15) is 0 Å². The van der Waals surface area contributed by atoms with Crippen molar-refractivity contribution in [3.8, 4) is 22.3 Å². The number of nitrogens with zero attached hydrogens (tertiary/aromatic N) is 1. The van der Waals surface area contributed by atoms with Crippen molar-refractivity contribution in [3.05, 3.63) is 133 Å². The molecule has 8 aromatic rings. The zero-order chi connectivity index (χ0) is 26.1. The monoisotopic (exact) mass is 497 g/mol. The summed E-state index contributed by atoms with van der Waals surface area (Å²) in [5, 5.41) is 10.5. The fraction of sp³-hybridized carbons (Fsp3) is 0.0526. The minimum absolute atomic E-state index is 1.25. The molecule has 8 rings (SSSR count). The second-order valence-corrected chi connectivity index (χ2v) is 10.6. The van der Waals surface area contributed by atoms with Gasteiger partial charge in [0.1, 0.15) is 0 Å². The van der Waals surface area contributed by atoms with Crippen molar-refractivity contribution < 1.29 is 0 Å². The van der Waals surface area contributed by atoms with E-state index in [1.807, 2.05) is 0 Å². The van der Waals surface area contributed by atoms with Crippen LogP contribution in [0.25, 0.3) is 76.4 Å². The Labute approximate surface area is 227 Å². The molecule has 0 spiro atoms. The second-order valence-electron chi connectivity index (χ2n) is 10.6. The number of rotatable bonds is 2. The second kappa shape index (κ2) is 8.31. The molecule has 0 aliphatic rings. The van der Waals surface area contributed by atoms with Crippen LogP contribution in [0.15, 0.2) is 127 Å². The van der Waals surface area contributed by atoms with E-state index in [2.05, 4.69) is 146 Å². The van der Waals surface area contributed by atoms with Crippen LogP contribution in [0, 0.1) is 6.92 Å². The molecule has 1 nitrogen and oxygen atoms in total. The fourth-order valence-electron chi connectivity index (χ4n) is 6.79. The molecule has 7 aromatic carbocycles. The van der Waals surface area contributed by atoms with Crippen LogP contribution in [-0.2, 0) is 7.05 Å². The first-order chi connectivity index (χ1) is 19.2. The summed E-state index contributed by atoms with van der Waals surface area (Å²) in [6.07, 6.45) is 0. The average molecular weight is 498 g/mol. The zero-order valence-electron chi connectivity index (χ0n) is 22.1. The summed E-state index contributed by atoms with van der Waals surface area (Å²) in [4.78, 5) is 0. The lowest BCUT2D eigenvalue weighted by Crippen LogP contribution is -1.96. The van der Waals surface area contributed by atoms with E-state index in [4.69, 9.17) is 0 Å². The third-order valence-corrected chi connectivity index (χ3v) is 8.40. The van der Waals surface area contributed by atoms with Crippen molar-refractivity contribution in [2.75, 3.05) is 0 Å². The van der Waals surface area contributed by atoms with Crippen LogP contribution in [0.3, 0.4) is 0 Å². The average Bonchev–Trinajstić information content (AvgIpc) is 3.29. The van der Waals surface area contributed by atoms with Gasteiger partial charge in [0.25, 0.3) is 0 Å². The summed E-state index contributed by atoms with van der Waals surface area (Å²) >= 11 is 0. The van der Waals surface area contributed by atoms with Gasteiger partial charge in [0.05, 0.1) is 5.52 Å². The molecule has 0 bridgehead atoms. The lowest BCUT2D eigenvalue weighted by Gasteiger charge is -2.21. The van der Waals surface area contributed by atoms with Crippen LogP contribution < -0.4 is 0 Å². The molecule has 1 aromatic heterocycles. The number of hydrogen-bond acceptors (Lipinski definition) is 0. The first-order valence-electron chi connectivity index (χ1n) is 13.6. The van der Waals surface area contributed by atoms with Gasteiger partial charge in [0.2, 0.25) is 0 Å². The van der Waals surface area contributed by atoms with Crippen molar-refractivity contribution in [2.45, 2.75) is 6.92 Å². The van der Waals surface area contributed by atoms with Gasteiger partial charge in [0.15, 0.2) is 0 Å². The zero-order valence-corrected chi connectivity index (χ0v) is 22.1. The number of aryl methyl sites for hydroxylation is 2. The smallest absolute Gasteiger partial charge is 0.0581 e. The highest BCUT2D eigenvalue weighted by molar-refractivity contribution is 6.38. The molecular weight excluding hydrogens is 470 g/mol. The first-order valence-corrected chi connectivity index (χ1v) is 13.6. The summed E-state index contributed by atoms with van der Waals surface area (Å²) in [5.41, 5.74) is 8.93. The minimum Gasteiger partial charge on any atom is -0.343 e. The topological polar surface area (TPSA) is 4.93 Å². The van der Waals surface area contributed by atoms with Crippen LogP contribution in [0.4, 0.5) is 0 Å². The third kappa shape index (κ3) is 3.08. The molecule has 0 saturated carbocycles. The largest absolute Gasteiger partial charge is 0.343 e. The summed E-state index contributed by atoms with van der Waals surface area (Å²) in [6.45, 7) is 2.21. The highest BCUT2D eigenvalue weighted by Crippen LogP contribution is 2.51. The molecule has 184 valence electrons. The number of para-hydroxylation sites is 1. The minimum atomic E-state index is 1.25. The Morgan fingerprint density at radius 1 is 0.436 bits per heavy atom. The molecule has 0 fully saturated rings. The molecule has 1 heteroatoms. The van der Waals surface area contributed by atoms with Crippen LogP contribution >= 0.6 is 0 Å². The van der Waals surface area contributed by atoms with Gasteiger partial charge in [-0.3, -0.25) is 0 Å². The van der Waals surface area contributed by atoms with Crippen molar-refractivity contribution in [3.63, 3.8) is 0 Å². The lowest BCUT2D eigenvalue weighted by molar-refractivity contribution is 1.02. The molecule has 0 amide bonds. The number of benzene rings is 7. The quantitative estimate of drug-likeness (QED) is 0.209. The summed E-state index contributed by atoms with van der Waals surface area (Å²) in [6, 6.07) is 46.7. The number of fused-ring (bicyclic) bond motifs is 9. The van der Waals surface area contributed by atoms with Gasteiger partial charge in [-0.05, 0) is 51.0 Å². The molecule has 0 saturated heterocycles. The Morgan fingerprint density at radius 3 is 1.69 bits per heavy atom. The highest BCUT2D eigenvalue weighted by atomic mass is 14.9. The SMILES string of the molecule is Cc1ccc2c3ccccc3c3c(-c4ccccc4)c4c(c(-c5ccccc5)c3c2c1)c1ccccc1n4C. The Kier molecular flexibility index (Phi) is 4.72. The molecule has 0 N–H and O–H groups in total. The number of aromatic nitrogens is 1. The molecular formula is C38H27N. The summed E-state index contributed by atoms with van der Waals surface area (Å²) in [5.74, 6) is 0. The molecule has 39 heavy (non-hydrogen) atoms. The van der Waals surface area contributed by atoms with E-state index in [-0.39, 0.29) is 0 Å². The van der Waals surface area contributed by atoms with Gasteiger partial charge < -0.3 is 4.57 Å². The Hall–Kier alpha value is -4.88. The maximum absolute atomic E-state index is 2.41. The fourth-order valence-corrected chi connectivity index (χ4v) is 6.79. The van der Waals surface area contributed by atoms with Crippen molar-refractivity contribution >= 4 is 54.1 Å². The molecule has 1 heterocycles. The Balaban J connectivity index is 1.83. The van der Waals surface area contributed by atoms with Crippen molar-refractivity contribution in [1.82, 2.24) is 4.57 Å². The van der Waals surface area contributed by atoms with E-state index >= 15 is 0 Å². The summed E-state index contributed by atoms with van der Waals surface area (Å²) in [7, 11) is 2.23. The molecule has 0 unspecified atom stereocenters. The van der Waals surface area contributed by atoms with Crippen LogP contribution in [0.2, 0.25) is 0 Å². The van der Waals surface area contributed by atoms with Crippen LogP contribution in [-0.4, -0.2) is 4.57 Å². The molecule has 0 radical (unpaired) electrons. The first kappa shape index (κ1) is 22.1. The summed E-state index contributed by atoms with van der Waals surface area (Å²) < 4.78 is 2.41. The normalized spacial score (nSPS) is 11.8. The van der Waals surface area contributed by atoms with E-state index < -0.39 is 0 Å². The third-order valence-electron chi connectivity index (χ3n) is 8.40. The highest BCUT2D eigenvalue weighted by Gasteiger charge is 2.25. The number of hydrogen-bond donors (Lipinski definition) is 0. The van der Waals surface area contributed by atoms with E-state index in [0.717, 1.165) is 0 Å². The van der Waals surface area contributed by atoms with E-state index in [9.17, 15) is 0 Å². The predicted octanol–water partition coefficient (Wildman–Crippen LogP) is 10.4. The maximum atomic E-state index is 2.41. The standard InChI is InChI=1S/C38H27N/c1-24-21-22-28-27-17-9-10-18-29(27)35-34(26-15-7-4-8-16-26)38-37(30-19-11-12-20-32(30)39(38)2)33(36(35)31(28)23-24)25-13-5-3-6-14-25/h3-23H,1-2H3. The van der Waals surface area contributed by atoms with Crippen molar-refractivity contribution in [2.24, 2.45) is 7.05 Å². The molecule has 0 aliphatic carbocycles. The lowest BCUT2D eigenvalue weighted by atomic mass is 9.82. The van der Waals surface area contributed by atoms with E-state index in [1.165, 1.54) is 81.9 Å². The van der Waals surface area contributed by atoms with E-state index in [1.54, 1.807) is 0 Å².